The van der Waals surface area contributed by atoms with E-state index in [0.717, 1.165) is 28.7 Å². The van der Waals surface area contributed by atoms with Gasteiger partial charge in [-0.1, -0.05) is 6.07 Å². The smallest absolute Gasteiger partial charge is 0.434 e. The van der Waals surface area contributed by atoms with Crippen LogP contribution < -0.4 is 20.1 Å². The Bertz CT molecular complexity index is 800. The molecule has 0 unspecified atom stereocenters. The number of benzene rings is 1. The molecule has 0 atom stereocenters. The number of aromatic nitrogens is 1. The Balaban J connectivity index is 0.00000420. The van der Waals surface area contributed by atoms with Gasteiger partial charge in [-0.15, -0.1) is 35.3 Å². The predicted octanol–water partition coefficient (Wildman–Crippen LogP) is 3.75. The molecule has 0 amide bonds. The lowest BCUT2D eigenvalue weighted by molar-refractivity contribution is -0.140. The number of halogens is 4. The minimum absolute atomic E-state index is 0. The highest BCUT2D eigenvalue weighted by atomic mass is 127. The van der Waals surface area contributed by atoms with Gasteiger partial charge in [0, 0.05) is 31.9 Å². The molecule has 1 heterocycles. The Morgan fingerprint density at radius 3 is 2.31 bits per heavy atom. The van der Waals surface area contributed by atoms with Crippen LogP contribution in [0.15, 0.2) is 28.6 Å². The lowest BCUT2D eigenvalue weighted by Gasteiger charge is -2.12. The number of nitrogens with one attached hydrogen (secondary N) is 2. The Morgan fingerprint density at radius 1 is 1.10 bits per heavy atom. The second kappa shape index (κ2) is 12.1. The first-order valence-electron chi connectivity index (χ1n) is 8.54. The van der Waals surface area contributed by atoms with Gasteiger partial charge in [0.1, 0.15) is 0 Å². The molecule has 0 spiro atoms. The third kappa shape index (κ3) is 7.88. The van der Waals surface area contributed by atoms with Crippen molar-refractivity contribution in [3.05, 3.63) is 39.8 Å². The van der Waals surface area contributed by atoms with E-state index in [1.54, 1.807) is 21.3 Å². The minimum Gasteiger partial charge on any atom is -0.493 e. The highest BCUT2D eigenvalue weighted by molar-refractivity contribution is 14.0. The highest BCUT2D eigenvalue weighted by Gasteiger charge is 2.33. The molecule has 2 aromatic rings. The van der Waals surface area contributed by atoms with E-state index >= 15 is 0 Å². The van der Waals surface area contributed by atoms with Crippen LogP contribution in [0.25, 0.3) is 0 Å². The highest BCUT2D eigenvalue weighted by Crippen LogP contribution is 2.30. The van der Waals surface area contributed by atoms with Gasteiger partial charge in [-0.2, -0.15) is 13.2 Å². The van der Waals surface area contributed by atoms with Gasteiger partial charge in [-0.05, 0) is 24.1 Å². The maximum Gasteiger partial charge on any atom is 0.434 e. The van der Waals surface area contributed by atoms with Crippen molar-refractivity contribution in [2.75, 3.05) is 34.4 Å². The third-order valence-electron chi connectivity index (χ3n) is 3.85. The van der Waals surface area contributed by atoms with E-state index in [9.17, 15) is 13.2 Å². The summed E-state index contributed by atoms with van der Waals surface area (Å²) in [6, 6.07) is 5.72. The van der Waals surface area contributed by atoms with Gasteiger partial charge in [-0.3, -0.25) is 4.99 Å². The fourth-order valence-electron chi connectivity index (χ4n) is 2.43. The molecule has 0 bridgehead atoms. The molecule has 1 aromatic carbocycles. The van der Waals surface area contributed by atoms with Gasteiger partial charge < -0.3 is 20.1 Å². The van der Waals surface area contributed by atoms with E-state index in [4.69, 9.17) is 9.47 Å². The molecule has 162 valence electrons. The Morgan fingerprint density at radius 2 is 1.76 bits per heavy atom. The van der Waals surface area contributed by atoms with Crippen LogP contribution in [0.1, 0.15) is 16.3 Å². The fourth-order valence-corrected chi connectivity index (χ4v) is 3.23. The molecule has 11 heteroatoms. The molecular weight excluding hydrogens is 520 g/mol. The van der Waals surface area contributed by atoms with Crippen LogP contribution in [0.4, 0.5) is 13.2 Å². The van der Waals surface area contributed by atoms with Crippen molar-refractivity contribution in [1.82, 2.24) is 15.6 Å². The van der Waals surface area contributed by atoms with Gasteiger partial charge >= 0.3 is 6.18 Å². The number of hydrogen-bond donors (Lipinski definition) is 2. The maximum atomic E-state index is 12.6. The number of ether oxygens (including phenoxy) is 2. The summed E-state index contributed by atoms with van der Waals surface area (Å²) in [5.41, 5.74) is 0.230. The number of guanidine groups is 1. The van der Waals surface area contributed by atoms with Gasteiger partial charge in [0.05, 0.1) is 19.2 Å². The number of rotatable bonds is 8. The number of nitrogens with zero attached hydrogens (tertiary/aromatic N) is 2. The van der Waals surface area contributed by atoms with Crippen LogP contribution in [0.5, 0.6) is 11.5 Å². The van der Waals surface area contributed by atoms with E-state index in [2.05, 4.69) is 20.6 Å². The van der Waals surface area contributed by atoms with Crippen molar-refractivity contribution in [3.63, 3.8) is 0 Å². The van der Waals surface area contributed by atoms with Crippen LogP contribution in [0, 0.1) is 0 Å². The van der Waals surface area contributed by atoms with Gasteiger partial charge in [0.15, 0.2) is 23.2 Å². The average Bonchev–Trinajstić information content (AvgIpc) is 3.16. The van der Waals surface area contributed by atoms with Crippen LogP contribution in [-0.2, 0) is 19.0 Å². The van der Waals surface area contributed by atoms with Crippen LogP contribution in [0.3, 0.4) is 0 Å². The summed E-state index contributed by atoms with van der Waals surface area (Å²) in [4.78, 5) is 7.72. The standard InChI is InChI=1S/C18H23F3N4O2S.HI/c1-22-17(24-9-7-16-25-15(11-28-16)18(19,20)21)23-8-6-12-4-5-13(26-2)14(10-12)27-3;/h4-5,10-11H,6-9H2,1-3H3,(H2,22,23,24);1H. The van der Waals surface area contributed by atoms with E-state index in [1.807, 2.05) is 18.2 Å². The predicted molar refractivity (Wildman–Crippen MR) is 119 cm³/mol. The zero-order valence-electron chi connectivity index (χ0n) is 16.3. The van der Waals surface area contributed by atoms with Gasteiger partial charge in [0.2, 0.25) is 0 Å². The molecule has 0 saturated carbocycles. The second-order valence-electron chi connectivity index (χ2n) is 5.74. The maximum absolute atomic E-state index is 12.6. The summed E-state index contributed by atoms with van der Waals surface area (Å²) in [7, 11) is 4.81. The van der Waals surface area contributed by atoms with Crippen molar-refractivity contribution < 1.29 is 22.6 Å². The zero-order valence-corrected chi connectivity index (χ0v) is 19.4. The Kier molecular flexibility index (Phi) is 10.5. The Hall–Kier alpha value is -1.76. The number of aliphatic imine (C=N–C) groups is 1. The molecule has 1 aromatic heterocycles. The fraction of sp³-hybridized carbons (Fsp3) is 0.444. The summed E-state index contributed by atoms with van der Waals surface area (Å²) < 4.78 is 48.2. The first-order valence-corrected chi connectivity index (χ1v) is 9.42. The van der Waals surface area contributed by atoms with Crippen LogP contribution >= 0.6 is 35.3 Å². The molecule has 29 heavy (non-hydrogen) atoms. The van der Waals surface area contributed by atoms with Crippen molar-refractivity contribution in [1.29, 1.82) is 0 Å². The molecule has 0 aliphatic heterocycles. The van der Waals surface area contributed by atoms with Crippen LogP contribution in [-0.4, -0.2) is 45.3 Å². The SMILES string of the molecule is CN=C(NCCc1ccc(OC)c(OC)c1)NCCc1nc(C(F)(F)F)cs1.I. The van der Waals surface area contributed by atoms with Crippen molar-refractivity contribution in [2.24, 2.45) is 4.99 Å². The molecule has 0 saturated heterocycles. The Labute approximate surface area is 188 Å². The lowest BCUT2D eigenvalue weighted by atomic mass is 10.1. The average molecular weight is 544 g/mol. The summed E-state index contributed by atoms with van der Waals surface area (Å²) in [5.74, 6) is 1.92. The topological polar surface area (TPSA) is 67.8 Å². The summed E-state index contributed by atoms with van der Waals surface area (Å²) in [6.07, 6.45) is -3.27. The molecule has 0 fully saturated rings. The van der Waals surface area contributed by atoms with Crippen molar-refractivity contribution in [2.45, 2.75) is 19.0 Å². The van der Waals surface area contributed by atoms with Gasteiger partial charge in [-0.25, -0.2) is 4.98 Å². The summed E-state index contributed by atoms with van der Waals surface area (Å²) in [6.45, 7) is 1.06. The molecule has 2 rings (SSSR count). The van der Waals surface area contributed by atoms with E-state index < -0.39 is 11.9 Å². The quantitative estimate of drug-likeness (QED) is 0.301. The summed E-state index contributed by atoms with van der Waals surface area (Å²) in [5, 5.41) is 7.71. The van der Waals surface area contributed by atoms with E-state index in [0.29, 0.717) is 42.0 Å². The van der Waals surface area contributed by atoms with E-state index in [1.165, 1.54) is 0 Å². The molecule has 0 aliphatic rings. The second-order valence-corrected chi connectivity index (χ2v) is 6.68. The van der Waals surface area contributed by atoms with Crippen molar-refractivity contribution >= 4 is 41.3 Å². The number of thiazole rings is 1. The first-order chi connectivity index (χ1) is 13.4. The van der Waals surface area contributed by atoms with E-state index in [-0.39, 0.29) is 24.0 Å². The van der Waals surface area contributed by atoms with Crippen LogP contribution in [0.2, 0.25) is 0 Å². The largest absolute Gasteiger partial charge is 0.493 e. The zero-order chi connectivity index (χ0) is 20.6. The number of methoxy groups -OCH3 is 2. The number of hydrogen-bond acceptors (Lipinski definition) is 5. The monoisotopic (exact) mass is 544 g/mol. The molecule has 2 N–H and O–H groups in total. The third-order valence-corrected chi connectivity index (χ3v) is 4.76. The molecule has 6 nitrogen and oxygen atoms in total. The van der Waals surface area contributed by atoms with Crippen molar-refractivity contribution in [3.8, 4) is 11.5 Å². The number of alkyl halides is 3. The summed E-state index contributed by atoms with van der Waals surface area (Å²) >= 11 is 1.00. The lowest BCUT2D eigenvalue weighted by Crippen LogP contribution is -2.39. The molecular formula is C18H24F3IN4O2S. The minimum atomic E-state index is -4.40. The first kappa shape index (κ1) is 25.3. The normalized spacial score (nSPS) is 11.6. The van der Waals surface area contributed by atoms with Gasteiger partial charge in [0.25, 0.3) is 0 Å². The molecule has 0 aliphatic carbocycles. The molecule has 0 radical (unpaired) electrons.